The molecule has 2 aromatic heterocycles. The lowest BCUT2D eigenvalue weighted by molar-refractivity contribution is -0.145. The molecule has 1 aromatic carbocycles. The van der Waals surface area contributed by atoms with Crippen molar-refractivity contribution in [2.24, 2.45) is 22.7 Å². The Morgan fingerprint density at radius 2 is 1.94 bits per heavy atom. The molecule has 1 aliphatic carbocycles. The fraction of sp³-hybridized carbons (Fsp3) is 0.346. The summed E-state index contributed by atoms with van der Waals surface area (Å²) in [5, 5.41) is 18.0. The number of aromatic nitrogens is 4. The lowest BCUT2D eigenvalue weighted by Crippen LogP contribution is -2.24. The Morgan fingerprint density at radius 3 is 2.63 bits per heavy atom. The molecule has 9 heteroatoms. The van der Waals surface area contributed by atoms with Crippen LogP contribution in [-0.2, 0) is 9.59 Å². The standard InChI is InChI=1S/C26H26FN5O3/c1-3-16(23(27)26(34)35)9-10-19-22-21(15(2)33)14-32-25(30-24(19)22)20(12-29-32)17-11-28-31(13-17)18-7-5-4-6-8-18/h4-8,11-14,16,19,22-23H,3,9-10H2,1-2H3,(H,34,35). The summed E-state index contributed by atoms with van der Waals surface area (Å²) in [6.45, 7) is 3.32. The quantitative estimate of drug-likeness (QED) is 0.482. The van der Waals surface area contributed by atoms with Crippen LogP contribution in [0.2, 0.25) is 0 Å². The minimum absolute atomic E-state index is 0.0104. The normalized spacial score (nSPS) is 20.1. The van der Waals surface area contributed by atoms with E-state index in [0.29, 0.717) is 30.7 Å². The van der Waals surface area contributed by atoms with Gasteiger partial charge in [-0.1, -0.05) is 25.1 Å². The molecule has 1 fully saturated rings. The van der Waals surface area contributed by atoms with Gasteiger partial charge in [0.05, 0.1) is 18.1 Å². The van der Waals surface area contributed by atoms with E-state index in [1.165, 1.54) is 6.92 Å². The number of para-hydroxylation sites is 1. The van der Waals surface area contributed by atoms with Gasteiger partial charge in [-0.05, 0) is 38.3 Å². The summed E-state index contributed by atoms with van der Waals surface area (Å²) in [7, 11) is 0. The summed E-state index contributed by atoms with van der Waals surface area (Å²) >= 11 is 0. The van der Waals surface area contributed by atoms with Crippen molar-refractivity contribution in [1.82, 2.24) is 19.6 Å². The van der Waals surface area contributed by atoms with E-state index in [9.17, 15) is 14.0 Å². The van der Waals surface area contributed by atoms with E-state index in [1.54, 1.807) is 34.9 Å². The second-order valence-electron chi connectivity index (χ2n) is 9.08. The molecular formula is C26H26FN5O3. The zero-order valence-corrected chi connectivity index (χ0v) is 19.5. The largest absolute Gasteiger partial charge is 0.479 e. The molecule has 0 bridgehead atoms. The van der Waals surface area contributed by atoms with Gasteiger partial charge in [-0.2, -0.15) is 10.2 Å². The Kier molecular flexibility index (Phi) is 5.92. The SMILES string of the molecule is CCC(CCC1C2=Nc3c(-c4cnn(-c5ccccc5)c4)cnn3C=C(C(C)=O)C21)C(F)C(=O)O. The third kappa shape index (κ3) is 4.22. The number of benzene rings is 1. The average molecular weight is 476 g/mol. The second kappa shape index (κ2) is 9.05. The van der Waals surface area contributed by atoms with Crippen LogP contribution >= 0.6 is 0 Å². The molecule has 8 nitrogen and oxygen atoms in total. The van der Waals surface area contributed by atoms with Crippen molar-refractivity contribution in [1.29, 1.82) is 0 Å². The van der Waals surface area contributed by atoms with E-state index in [2.05, 4.69) is 10.2 Å². The number of halogens is 1. The fourth-order valence-electron chi connectivity index (χ4n) is 4.89. The van der Waals surface area contributed by atoms with E-state index in [4.69, 9.17) is 10.1 Å². The maximum Gasteiger partial charge on any atom is 0.338 e. The van der Waals surface area contributed by atoms with Gasteiger partial charge in [-0.3, -0.25) is 4.79 Å². The van der Waals surface area contributed by atoms with Crippen molar-refractivity contribution in [2.45, 2.75) is 39.3 Å². The molecule has 5 rings (SSSR count). The van der Waals surface area contributed by atoms with Crippen LogP contribution in [0.15, 0.2) is 59.5 Å². The minimum Gasteiger partial charge on any atom is -0.479 e. The van der Waals surface area contributed by atoms with Gasteiger partial charge in [0.2, 0.25) is 0 Å². The molecule has 4 atom stereocenters. The van der Waals surface area contributed by atoms with Gasteiger partial charge in [-0.15, -0.1) is 0 Å². The molecule has 3 aromatic rings. The number of carboxylic acid groups (broad SMARTS) is 1. The first kappa shape index (κ1) is 22.9. The molecule has 2 aliphatic rings. The summed E-state index contributed by atoms with van der Waals surface area (Å²) in [5.74, 6) is -1.58. The van der Waals surface area contributed by atoms with E-state index in [-0.39, 0.29) is 17.6 Å². The Bertz CT molecular complexity index is 1340. The lowest BCUT2D eigenvalue weighted by atomic mass is 9.93. The molecule has 0 saturated heterocycles. The number of aliphatic carboxylic acids is 1. The first-order valence-electron chi connectivity index (χ1n) is 11.7. The molecule has 0 amide bonds. The zero-order chi connectivity index (χ0) is 24.7. The fourth-order valence-corrected chi connectivity index (χ4v) is 4.89. The van der Waals surface area contributed by atoms with Gasteiger partial charge in [-0.25, -0.2) is 23.5 Å². The highest BCUT2D eigenvalue weighted by molar-refractivity contribution is 6.16. The van der Waals surface area contributed by atoms with Crippen molar-refractivity contribution in [2.75, 3.05) is 0 Å². The first-order chi connectivity index (χ1) is 16.9. The van der Waals surface area contributed by atoms with Gasteiger partial charge in [0.15, 0.2) is 17.8 Å². The number of aliphatic imine (C=N–C) groups is 1. The van der Waals surface area contributed by atoms with Crippen molar-refractivity contribution in [3.05, 3.63) is 54.5 Å². The predicted molar refractivity (Wildman–Crippen MR) is 129 cm³/mol. The van der Waals surface area contributed by atoms with Crippen LogP contribution in [0.4, 0.5) is 10.2 Å². The Morgan fingerprint density at radius 1 is 1.17 bits per heavy atom. The van der Waals surface area contributed by atoms with E-state index in [0.717, 1.165) is 22.5 Å². The van der Waals surface area contributed by atoms with E-state index >= 15 is 0 Å². The smallest absolute Gasteiger partial charge is 0.338 e. The number of hydrogen-bond acceptors (Lipinski definition) is 5. The predicted octanol–water partition coefficient (Wildman–Crippen LogP) is 4.73. The number of fused-ring (bicyclic) bond motifs is 2. The van der Waals surface area contributed by atoms with Crippen LogP contribution < -0.4 is 0 Å². The maximum atomic E-state index is 14.1. The Labute approximate surface area is 201 Å². The third-order valence-electron chi connectivity index (χ3n) is 6.94. The van der Waals surface area contributed by atoms with E-state index in [1.807, 2.05) is 36.5 Å². The maximum absolute atomic E-state index is 14.1. The van der Waals surface area contributed by atoms with Crippen molar-refractivity contribution < 1.29 is 19.1 Å². The van der Waals surface area contributed by atoms with Crippen LogP contribution in [0.25, 0.3) is 23.0 Å². The number of Topliss-reactive ketones (excluding diaryl/α,β-unsaturated/α-hetero) is 1. The van der Waals surface area contributed by atoms with Gasteiger partial charge in [0.25, 0.3) is 0 Å². The van der Waals surface area contributed by atoms with Crippen LogP contribution in [-0.4, -0.2) is 48.3 Å². The van der Waals surface area contributed by atoms with Crippen molar-refractivity contribution >= 4 is 29.5 Å². The van der Waals surface area contributed by atoms with Gasteiger partial charge >= 0.3 is 5.97 Å². The molecular weight excluding hydrogens is 449 g/mol. The number of carbonyl (C=O) groups excluding carboxylic acids is 1. The number of carboxylic acids is 1. The molecule has 4 unspecified atom stereocenters. The topological polar surface area (TPSA) is 102 Å². The Balaban J connectivity index is 1.44. The summed E-state index contributed by atoms with van der Waals surface area (Å²) in [4.78, 5) is 28.5. The lowest BCUT2D eigenvalue weighted by Gasteiger charge is -2.16. The highest BCUT2D eigenvalue weighted by atomic mass is 19.1. The first-order valence-corrected chi connectivity index (χ1v) is 11.7. The van der Waals surface area contributed by atoms with Crippen LogP contribution in [0.5, 0.6) is 0 Å². The third-order valence-corrected chi connectivity index (χ3v) is 6.94. The van der Waals surface area contributed by atoms with Crippen molar-refractivity contribution in [3.8, 4) is 16.8 Å². The van der Waals surface area contributed by atoms with E-state index < -0.39 is 18.1 Å². The highest BCUT2D eigenvalue weighted by Crippen LogP contribution is 2.49. The van der Waals surface area contributed by atoms with Crippen LogP contribution in [0, 0.1) is 17.8 Å². The van der Waals surface area contributed by atoms with Crippen LogP contribution in [0.1, 0.15) is 33.1 Å². The number of nitrogens with zero attached hydrogens (tertiary/aromatic N) is 5. The highest BCUT2D eigenvalue weighted by Gasteiger charge is 2.51. The molecule has 0 radical (unpaired) electrons. The summed E-state index contributed by atoms with van der Waals surface area (Å²) in [6, 6.07) is 9.77. The molecule has 35 heavy (non-hydrogen) atoms. The summed E-state index contributed by atoms with van der Waals surface area (Å²) in [6.07, 6.45) is 6.67. The number of hydrogen-bond donors (Lipinski definition) is 1. The number of allylic oxidation sites excluding steroid dienone is 1. The number of carbonyl (C=O) groups is 2. The molecule has 180 valence electrons. The van der Waals surface area contributed by atoms with Crippen molar-refractivity contribution in [3.63, 3.8) is 0 Å². The number of rotatable bonds is 9. The van der Waals surface area contributed by atoms with Crippen LogP contribution in [0.3, 0.4) is 0 Å². The molecule has 3 heterocycles. The minimum atomic E-state index is -1.89. The molecule has 1 aliphatic heterocycles. The van der Waals surface area contributed by atoms with Gasteiger partial charge in [0.1, 0.15) is 0 Å². The monoisotopic (exact) mass is 475 g/mol. The van der Waals surface area contributed by atoms with Gasteiger partial charge in [0, 0.05) is 52.6 Å². The Hall–Kier alpha value is -3.88. The average Bonchev–Trinajstić information content (AvgIpc) is 3.14. The van der Waals surface area contributed by atoms with Gasteiger partial charge < -0.3 is 5.11 Å². The molecule has 1 N–H and O–H groups in total. The molecule has 0 spiro atoms. The summed E-state index contributed by atoms with van der Waals surface area (Å²) in [5.41, 5.74) is 4.06. The summed E-state index contributed by atoms with van der Waals surface area (Å²) < 4.78 is 17.5. The molecule has 1 saturated carbocycles. The number of ketones is 1. The number of alkyl halides is 1. The second-order valence-corrected chi connectivity index (χ2v) is 9.08. The zero-order valence-electron chi connectivity index (χ0n) is 19.5.